The van der Waals surface area contributed by atoms with E-state index in [2.05, 4.69) is 23.0 Å². The number of rotatable bonds is 2. The van der Waals surface area contributed by atoms with Crippen molar-refractivity contribution >= 4 is 0 Å². The Balaban J connectivity index is 2.60. The Morgan fingerprint density at radius 1 is 1.24 bits per heavy atom. The number of aromatic amines is 1. The molecule has 0 saturated carbocycles. The topological polar surface area (TPSA) is 45.8 Å². The average Bonchev–Trinajstić information content (AvgIpc) is 2.28. The Hall–Kier alpha value is -1.90. The molecule has 3 nitrogen and oxygen atoms in total. The third kappa shape index (κ3) is 2.44. The second kappa shape index (κ2) is 4.53. The average molecular weight is 228 g/mol. The first-order chi connectivity index (χ1) is 8.10. The van der Waals surface area contributed by atoms with Gasteiger partial charge in [-0.3, -0.25) is 4.79 Å². The van der Waals surface area contributed by atoms with Crippen LogP contribution in [0.25, 0.3) is 11.3 Å². The normalized spacial score (nSPS) is 10.5. The first-order valence-corrected chi connectivity index (χ1v) is 5.78. The summed E-state index contributed by atoms with van der Waals surface area (Å²) in [5, 5.41) is 0. The van der Waals surface area contributed by atoms with Crippen molar-refractivity contribution in [3.05, 3.63) is 51.6 Å². The number of benzene rings is 1. The van der Waals surface area contributed by atoms with Gasteiger partial charge in [0.05, 0.1) is 5.69 Å². The van der Waals surface area contributed by atoms with E-state index in [0.29, 0.717) is 0 Å². The van der Waals surface area contributed by atoms with Gasteiger partial charge in [0.1, 0.15) is 5.82 Å². The van der Waals surface area contributed by atoms with E-state index in [4.69, 9.17) is 0 Å². The maximum Gasteiger partial charge on any atom is 0.251 e. The van der Waals surface area contributed by atoms with Gasteiger partial charge < -0.3 is 4.98 Å². The molecule has 0 bridgehead atoms. The van der Waals surface area contributed by atoms with Crippen molar-refractivity contribution in [1.82, 2.24) is 9.97 Å². The second-order valence-electron chi connectivity index (χ2n) is 4.25. The van der Waals surface area contributed by atoms with E-state index in [0.717, 1.165) is 29.1 Å². The SMILES string of the molecule is CCc1nc(-c2ccc(C)cc2C)cc(=O)[nH]1. The van der Waals surface area contributed by atoms with E-state index in [1.165, 1.54) is 5.56 Å². The molecule has 0 aliphatic carbocycles. The van der Waals surface area contributed by atoms with Crippen LogP contribution in [0.1, 0.15) is 23.9 Å². The van der Waals surface area contributed by atoms with Crippen molar-refractivity contribution in [2.45, 2.75) is 27.2 Å². The molecule has 17 heavy (non-hydrogen) atoms. The van der Waals surface area contributed by atoms with Crippen molar-refractivity contribution in [3.63, 3.8) is 0 Å². The van der Waals surface area contributed by atoms with Gasteiger partial charge in [0.15, 0.2) is 0 Å². The number of aromatic nitrogens is 2. The molecule has 0 amide bonds. The number of aryl methyl sites for hydroxylation is 3. The van der Waals surface area contributed by atoms with Crippen LogP contribution in [0.4, 0.5) is 0 Å². The Kier molecular flexibility index (Phi) is 3.09. The lowest BCUT2D eigenvalue weighted by Gasteiger charge is -2.07. The lowest BCUT2D eigenvalue weighted by molar-refractivity contribution is 0.923. The van der Waals surface area contributed by atoms with Crippen LogP contribution in [0.15, 0.2) is 29.1 Å². The van der Waals surface area contributed by atoms with Crippen LogP contribution in [-0.4, -0.2) is 9.97 Å². The summed E-state index contributed by atoms with van der Waals surface area (Å²) in [6.45, 7) is 6.07. The molecule has 1 N–H and O–H groups in total. The quantitative estimate of drug-likeness (QED) is 0.858. The zero-order chi connectivity index (χ0) is 12.4. The highest BCUT2D eigenvalue weighted by Gasteiger charge is 2.06. The number of hydrogen-bond donors (Lipinski definition) is 1. The van der Waals surface area contributed by atoms with Gasteiger partial charge in [-0.15, -0.1) is 0 Å². The highest BCUT2D eigenvalue weighted by molar-refractivity contribution is 5.63. The molecule has 2 rings (SSSR count). The molecule has 1 aromatic carbocycles. The van der Waals surface area contributed by atoms with Gasteiger partial charge in [-0.05, 0) is 19.4 Å². The minimum atomic E-state index is -0.0909. The van der Waals surface area contributed by atoms with E-state index < -0.39 is 0 Å². The molecule has 0 unspecified atom stereocenters. The maximum absolute atomic E-state index is 11.5. The van der Waals surface area contributed by atoms with E-state index in [1.54, 1.807) is 6.07 Å². The number of nitrogens with zero attached hydrogens (tertiary/aromatic N) is 1. The minimum Gasteiger partial charge on any atom is -0.311 e. The monoisotopic (exact) mass is 228 g/mol. The number of H-pyrrole nitrogens is 1. The summed E-state index contributed by atoms with van der Waals surface area (Å²) in [5.74, 6) is 0.729. The largest absolute Gasteiger partial charge is 0.311 e. The number of nitrogens with one attached hydrogen (secondary N) is 1. The van der Waals surface area contributed by atoms with Crippen LogP contribution in [0.3, 0.4) is 0 Å². The van der Waals surface area contributed by atoms with E-state index >= 15 is 0 Å². The molecule has 1 heterocycles. The molecule has 1 aromatic heterocycles. The molecule has 0 radical (unpaired) electrons. The van der Waals surface area contributed by atoms with Crippen LogP contribution in [-0.2, 0) is 6.42 Å². The van der Waals surface area contributed by atoms with Gasteiger partial charge in [0.2, 0.25) is 0 Å². The molecule has 0 atom stereocenters. The molecular weight excluding hydrogens is 212 g/mol. The standard InChI is InChI=1S/C14H16N2O/c1-4-13-15-12(8-14(17)16-13)11-6-5-9(2)7-10(11)3/h5-8H,4H2,1-3H3,(H,15,16,17). The van der Waals surface area contributed by atoms with E-state index in [1.807, 2.05) is 26.0 Å². The van der Waals surface area contributed by atoms with E-state index in [-0.39, 0.29) is 5.56 Å². The Labute approximate surface area is 101 Å². The summed E-state index contributed by atoms with van der Waals surface area (Å²) in [7, 11) is 0. The van der Waals surface area contributed by atoms with E-state index in [9.17, 15) is 4.79 Å². The lowest BCUT2D eigenvalue weighted by atomic mass is 10.0. The van der Waals surface area contributed by atoms with Crippen molar-refractivity contribution in [2.75, 3.05) is 0 Å². The Morgan fingerprint density at radius 2 is 2.00 bits per heavy atom. The van der Waals surface area contributed by atoms with Gasteiger partial charge in [0, 0.05) is 18.1 Å². The Morgan fingerprint density at radius 3 is 2.65 bits per heavy atom. The minimum absolute atomic E-state index is 0.0909. The lowest BCUT2D eigenvalue weighted by Crippen LogP contribution is -2.10. The van der Waals surface area contributed by atoms with Gasteiger partial charge in [-0.2, -0.15) is 0 Å². The summed E-state index contributed by atoms with van der Waals surface area (Å²) >= 11 is 0. The third-order valence-electron chi connectivity index (χ3n) is 2.78. The first kappa shape index (κ1) is 11.6. The maximum atomic E-state index is 11.5. The molecule has 88 valence electrons. The summed E-state index contributed by atoms with van der Waals surface area (Å²) in [6.07, 6.45) is 0.730. The number of hydrogen-bond acceptors (Lipinski definition) is 2. The molecule has 0 fully saturated rings. The second-order valence-corrected chi connectivity index (χ2v) is 4.25. The smallest absolute Gasteiger partial charge is 0.251 e. The summed E-state index contributed by atoms with van der Waals surface area (Å²) < 4.78 is 0. The molecule has 0 aliphatic rings. The fourth-order valence-electron chi connectivity index (χ4n) is 1.91. The predicted octanol–water partition coefficient (Wildman–Crippen LogP) is 2.62. The summed E-state index contributed by atoms with van der Waals surface area (Å²) in [4.78, 5) is 18.7. The molecule has 2 aromatic rings. The van der Waals surface area contributed by atoms with Gasteiger partial charge >= 0.3 is 0 Å². The van der Waals surface area contributed by atoms with Crippen LogP contribution < -0.4 is 5.56 Å². The Bertz CT molecular complexity index is 599. The zero-order valence-electron chi connectivity index (χ0n) is 10.4. The van der Waals surface area contributed by atoms with Gasteiger partial charge in [-0.1, -0.05) is 30.7 Å². The van der Waals surface area contributed by atoms with Crippen LogP contribution >= 0.6 is 0 Å². The third-order valence-corrected chi connectivity index (χ3v) is 2.78. The fourth-order valence-corrected chi connectivity index (χ4v) is 1.91. The van der Waals surface area contributed by atoms with Crippen molar-refractivity contribution in [1.29, 1.82) is 0 Å². The molecule has 0 spiro atoms. The summed E-state index contributed by atoms with van der Waals surface area (Å²) in [5.41, 5.74) is 4.04. The first-order valence-electron chi connectivity index (χ1n) is 5.78. The van der Waals surface area contributed by atoms with Crippen molar-refractivity contribution in [3.8, 4) is 11.3 Å². The van der Waals surface area contributed by atoms with Crippen LogP contribution in [0.5, 0.6) is 0 Å². The zero-order valence-corrected chi connectivity index (χ0v) is 10.4. The van der Waals surface area contributed by atoms with Gasteiger partial charge in [0.25, 0.3) is 5.56 Å². The molecule has 3 heteroatoms. The molecule has 0 aliphatic heterocycles. The highest BCUT2D eigenvalue weighted by atomic mass is 16.1. The fraction of sp³-hybridized carbons (Fsp3) is 0.286. The summed E-state index contributed by atoms with van der Waals surface area (Å²) in [6, 6.07) is 7.71. The highest BCUT2D eigenvalue weighted by Crippen LogP contribution is 2.21. The van der Waals surface area contributed by atoms with Crippen molar-refractivity contribution in [2.24, 2.45) is 0 Å². The van der Waals surface area contributed by atoms with Crippen molar-refractivity contribution < 1.29 is 0 Å². The van der Waals surface area contributed by atoms with Gasteiger partial charge in [-0.25, -0.2) is 4.98 Å². The van der Waals surface area contributed by atoms with Crippen LogP contribution in [0.2, 0.25) is 0 Å². The predicted molar refractivity (Wildman–Crippen MR) is 69.1 cm³/mol. The molecule has 0 saturated heterocycles. The molecular formula is C14H16N2O. The van der Waals surface area contributed by atoms with Crippen LogP contribution in [0, 0.1) is 13.8 Å².